The molecule has 0 saturated carbocycles. The van der Waals surface area contributed by atoms with Gasteiger partial charge in [-0.15, -0.1) is 11.8 Å². The van der Waals surface area contributed by atoms with Crippen LogP contribution in [0.5, 0.6) is 0 Å². The molecule has 2 N–H and O–H groups in total. The maximum Gasteiger partial charge on any atom is 0.416 e. The molecule has 6 nitrogen and oxygen atoms in total. The summed E-state index contributed by atoms with van der Waals surface area (Å²) >= 11 is 1.32. The fourth-order valence-electron chi connectivity index (χ4n) is 3.84. The molecule has 0 saturated heterocycles. The van der Waals surface area contributed by atoms with Gasteiger partial charge in [0.25, 0.3) is 5.91 Å². The Kier molecular flexibility index (Phi) is 4.37. The number of fused-ring (bicyclic) bond motifs is 4. The summed E-state index contributed by atoms with van der Waals surface area (Å²) in [5.74, 6) is 0.611. The van der Waals surface area contributed by atoms with E-state index in [0.29, 0.717) is 38.6 Å². The highest BCUT2D eigenvalue weighted by Crippen LogP contribution is 2.44. The van der Waals surface area contributed by atoms with Gasteiger partial charge in [0.05, 0.1) is 35.2 Å². The van der Waals surface area contributed by atoms with Crippen LogP contribution in [-0.2, 0) is 6.18 Å². The van der Waals surface area contributed by atoms with Gasteiger partial charge < -0.3 is 10.6 Å². The van der Waals surface area contributed by atoms with E-state index in [4.69, 9.17) is 5.73 Å². The molecule has 158 valence electrons. The summed E-state index contributed by atoms with van der Waals surface area (Å²) in [6.07, 6.45) is -1.18. The molecular formula is C21H16F3N5OS. The van der Waals surface area contributed by atoms with Crippen molar-refractivity contribution < 1.29 is 18.0 Å². The fourth-order valence-corrected chi connectivity index (χ4v) is 5.16. The number of alkyl halides is 3. The number of amides is 1. The van der Waals surface area contributed by atoms with Crippen molar-refractivity contribution in [1.82, 2.24) is 19.3 Å². The van der Waals surface area contributed by atoms with E-state index in [0.717, 1.165) is 17.7 Å². The summed E-state index contributed by atoms with van der Waals surface area (Å²) in [4.78, 5) is 23.8. The van der Waals surface area contributed by atoms with E-state index >= 15 is 0 Å². The van der Waals surface area contributed by atoms with Crippen LogP contribution in [0.25, 0.3) is 16.6 Å². The maximum absolute atomic E-state index is 13.2. The molecule has 0 radical (unpaired) electrons. The van der Waals surface area contributed by atoms with E-state index < -0.39 is 11.7 Å². The topological polar surface area (TPSA) is 76.5 Å². The van der Waals surface area contributed by atoms with Gasteiger partial charge >= 0.3 is 6.18 Å². The average Bonchev–Trinajstić information content (AvgIpc) is 3.39. The SMILES string of the molecule is CN(C(=O)c1ccc2nc(N)c3cncn3c2c1)C1CSc2cc(C(F)(F)F)ccc21. The first-order valence-electron chi connectivity index (χ1n) is 9.36. The minimum Gasteiger partial charge on any atom is -0.382 e. The lowest BCUT2D eigenvalue weighted by Gasteiger charge is -2.25. The standard InChI is InChI=1S/C21H16F3N5OS/c1-28(17-9-31-18-7-12(21(22,23)24)3-4-13(17)18)20(30)11-2-5-14-15(6-11)29-10-26-8-16(29)19(25)27-14/h2-8,10,17H,9H2,1H3,(H2,25,27). The Labute approximate surface area is 178 Å². The van der Waals surface area contributed by atoms with Crippen molar-refractivity contribution >= 4 is 40.0 Å². The number of nitrogen functional groups attached to an aromatic ring is 1. The average molecular weight is 443 g/mol. The summed E-state index contributed by atoms with van der Waals surface area (Å²) in [6, 6.07) is 8.49. The number of aromatic nitrogens is 3. The number of carbonyl (C=O) groups is 1. The number of anilines is 1. The number of imidazole rings is 1. The van der Waals surface area contributed by atoms with E-state index in [2.05, 4.69) is 9.97 Å². The van der Waals surface area contributed by atoms with Gasteiger partial charge in [-0.3, -0.25) is 9.20 Å². The molecule has 0 bridgehead atoms. The van der Waals surface area contributed by atoms with Crippen LogP contribution in [0.1, 0.15) is 27.5 Å². The van der Waals surface area contributed by atoms with E-state index in [9.17, 15) is 18.0 Å². The first-order valence-corrected chi connectivity index (χ1v) is 10.3. The summed E-state index contributed by atoms with van der Waals surface area (Å²) < 4.78 is 40.8. The van der Waals surface area contributed by atoms with Gasteiger partial charge in [-0.25, -0.2) is 9.97 Å². The Morgan fingerprint density at radius 1 is 1.23 bits per heavy atom. The fraction of sp³-hybridized carbons (Fsp3) is 0.190. The number of carbonyl (C=O) groups excluding carboxylic acids is 1. The molecule has 1 aliphatic rings. The van der Waals surface area contributed by atoms with Crippen molar-refractivity contribution in [2.24, 2.45) is 0 Å². The van der Waals surface area contributed by atoms with Crippen molar-refractivity contribution in [2.45, 2.75) is 17.1 Å². The second kappa shape index (κ2) is 6.88. The highest BCUT2D eigenvalue weighted by Gasteiger charge is 2.35. The van der Waals surface area contributed by atoms with E-state index in [1.807, 2.05) is 0 Å². The number of nitrogens with two attached hydrogens (primary N) is 1. The summed E-state index contributed by atoms with van der Waals surface area (Å²) in [6.45, 7) is 0. The number of rotatable bonds is 2. The molecule has 1 unspecified atom stereocenters. The summed E-state index contributed by atoms with van der Waals surface area (Å²) in [5.41, 5.74) is 8.41. The zero-order valence-electron chi connectivity index (χ0n) is 16.2. The normalized spacial score (nSPS) is 16.1. The molecule has 1 aliphatic heterocycles. The van der Waals surface area contributed by atoms with Crippen molar-refractivity contribution in [2.75, 3.05) is 18.5 Å². The van der Waals surface area contributed by atoms with Gasteiger partial charge in [0.2, 0.25) is 0 Å². The maximum atomic E-state index is 13.2. The van der Waals surface area contributed by atoms with Crippen LogP contribution in [0.3, 0.4) is 0 Å². The molecule has 1 amide bonds. The van der Waals surface area contributed by atoms with E-state index in [1.54, 1.807) is 47.1 Å². The van der Waals surface area contributed by atoms with Crippen LogP contribution in [-0.4, -0.2) is 38.0 Å². The number of thioether (sulfide) groups is 1. The minimum atomic E-state index is -4.39. The molecule has 2 aromatic heterocycles. The molecule has 5 rings (SSSR count). The quantitative estimate of drug-likeness (QED) is 0.497. The van der Waals surface area contributed by atoms with Gasteiger partial charge in [-0.05, 0) is 35.9 Å². The van der Waals surface area contributed by atoms with Crippen LogP contribution in [0, 0.1) is 0 Å². The molecule has 4 aromatic rings. The third kappa shape index (κ3) is 3.18. The number of hydrogen-bond acceptors (Lipinski definition) is 5. The minimum absolute atomic E-state index is 0.231. The third-order valence-corrected chi connectivity index (χ3v) is 6.66. The van der Waals surface area contributed by atoms with Crippen molar-refractivity contribution in [3.63, 3.8) is 0 Å². The molecule has 0 aliphatic carbocycles. The number of hydrogen-bond donors (Lipinski definition) is 1. The monoisotopic (exact) mass is 443 g/mol. The number of benzene rings is 2. The zero-order valence-corrected chi connectivity index (χ0v) is 17.0. The molecule has 0 fully saturated rings. The van der Waals surface area contributed by atoms with Crippen LogP contribution in [0.4, 0.5) is 19.0 Å². The Balaban J connectivity index is 1.49. The van der Waals surface area contributed by atoms with Crippen LogP contribution < -0.4 is 5.73 Å². The summed E-state index contributed by atoms with van der Waals surface area (Å²) in [5, 5.41) is 0. The van der Waals surface area contributed by atoms with Crippen molar-refractivity contribution in [3.05, 3.63) is 65.6 Å². The molecular weight excluding hydrogens is 427 g/mol. The third-order valence-electron chi connectivity index (χ3n) is 5.51. The lowest BCUT2D eigenvalue weighted by Crippen LogP contribution is -2.31. The second-order valence-corrected chi connectivity index (χ2v) is 8.40. The van der Waals surface area contributed by atoms with Gasteiger partial charge in [0.15, 0.2) is 0 Å². The van der Waals surface area contributed by atoms with Crippen LogP contribution in [0.15, 0.2) is 53.8 Å². The van der Waals surface area contributed by atoms with Gasteiger partial charge in [-0.2, -0.15) is 13.2 Å². The van der Waals surface area contributed by atoms with E-state index in [1.165, 1.54) is 17.8 Å². The number of halogens is 3. The Hall–Kier alpha value is -3.27. The lowest BCUT2D eigenvalue weighted by molar-refractivity contribution is -0.137. The number of nitrogens with zero attached hydrogens (tertiary/aromatic N) is 4. The largest absolute Gasteiger partial charge is 0.416 e. The first kappa shape index (κ1) is 19.7. The highest BCUT2D eigenvalue weighted by atomic mass is 32.2. The van der Waals surface area contributed by atoms with Gasteiger partial charge in [-0.1, -0.05) is 6.07 Å². The molecule has 2 aromatic carbocycles. The predicted octanol–water partition coefficient (Wildman–Crippen LogP) is 4.40. The zero-order chi connectivity index (χ0) is 21.9. The Bertz CT molecular complexity index is 1350. The first-order chi connectivity index (χ1) is 14.7. The van der Waals surface area contributed by atoms with Crippen molar-refractivity contribution in [3.8, 4) is 0 Å². The summed E-state index contributed by atoms with van der Waals surface area (Å²) in [7, 11) is 1.67. The lowest BCUT2D eigenvalue weighted by atomic mass is 10.0. The van der Waals surface area contributed by atoms with E-state index in [-0.39, 0.29) is 11.9 Å². The van der Waals surface area contributed by atoms with Gasteiger partial charge in [0, 0.05) is 23.3 Å². The molecule has 0 spiro atoms. The van der Waals surface area contributed by atoms with Crippen molar-refractivity contribution in [1.29, 1.82) is 0 Å². The predicted molar refractivity (Wildman–Crippen MR) is 112 cm³/mol. The molecule has 3 heterocycles. The van der Waals surface area contributed by atoms with Crippen LogP contribution >= 0.6 is 11.8 Å². The van der Waals surface area contributed by atoms with Crippen LogP contribution in [0.2, 0.25) is 0 Å². The second-order valence-electron chi connectivity index (χ2n) is 7.34. The molecule has 10 heteroatoms. The highest BCUT2D eigenvalue weighted by molar-refractivity contribution is 7.99. The smallest absolute Gasteiger partial charge is 0.382 e. The molecule has 1 atom stereocenters. The van der Waals surface area contributed by atoms with Gasteiger partial charge in [0.1, 0.15) is 11.3 Å². The molecule has 31 heavy (non-hydrogen) atoms. The Morgan fingerprint density at radius 2 is 2.03 bits per heavy atom. The Morgan fingerprint density at radius 3 is 2.81 bits per heavy atom.